The van der Waals surface area contributed by atoms with Crippen LogP contribution in [0.3, 0.4) is 0 Å². The Morgan fingerprint density at radius 2 is 2.19 bits per heavy atom. The van der Waals surface area contributed by atoms with Crippen LogP contribution in [0.1, 0.15) is 35.1 Å². The summed E-state index contributed by atoms with van der Waals surface area (Å²) in [6, 6.07) is 6.11. The summed E-state index contributed by atoms with van der Waals surface area (Å²) < 4.78 is 7.43. The third kappa shape index (κ3) is 4.45. The van der Waals surface area contributed by atoms with Gasteiger partial charge in [0.15, 0.2) is 5.96 Å². The first-order chi connectivity index (χ1) is 13.0. The second kappa shape index (κ2) is 8.49. The molecule has 0 radical (unpaired) electrons. The topological polar surface area (TPSA) is 67.0 Å². The Kier molecular flexibility index (Phi) is 6.08. The van der Waals surface area contributed by atoms with Crippen LogP contribution in [0.2, 0.25) is 0 Å². The van der Waals surface area contributed by atoms with E-state index in [0.29, 0.717) is 13.1 Å². The summed E-state index contributed by atoms with van der Waals surface area (Å²) in [6.07, 6.45) is 2.08. The van der Waals surface area contributed by atoms with Gasteiger partial charge in [-0.05, 0) is 26.0 Å². The van der Waals surface area contributed by atoms with E-state index in [1.54, 1.807) is 25.5 Å². The van der Waals surface area contributed by atoms with Gasteiger partial charge in [0, 0.05) is 38.5 Å². The van der Waals surface area contributed by atoms with Crippen molar-refractivity contribution in [2.45, 2.75) is 33.0 Å². The lowest BCUT2D eigenvalue weighted by atomic mass is 10.4. The van der Waals surface area contributed by atoms with Gasteiger partial charge in [-0.25, -0.2) is 9.97 Å². The number of aromatic nitrogens is 3. The van der Waals surface area contributed by atoms with Crippen molar-refractivity contribution in [3.63, 3.8) is 0 Å². The zero-order chi connectivity index (χ0) is 19.4. The molecule has 0 saturated heterocycles. The molecule has 7 nitrogen and oxygen atoms in total. The van der Waals surface area contributed by atoms with Gasteiger partial charge in [0.05, 0.1) is 24.5 Å². The van der Waals surface area contributed by atoms with Crippen LogP contribution < -0.4 is 5.32 Å². The minimum atomic E-state index is 0.0185. The van der Waals surface area contributed by atoms with Crippen molar-refractivity contribution in [2.75, 3.05) is 21.2 Å². The Morgan fingerprint density at radius 3 is 2.89 bits per heavy atom. The van der Waals surface area contributed by atoms with Crippen molar-refractivity contribution in [3.8, 4) is 0 Å². The minimum Gasteiger partial charge on any atom is -0.375 e. The lowest BCUT2D eigenvalue weighted by molar-refractivity contribution is 0.119. The number of methoxy groups -OCH3 is 1. The van der Waals surface area contributed by atoms with E-state index in [4.69, 9.17) is 4.74 Å². The number of fused-ring (bicyclic) bond motifs is 1. The van der Waals surface area contributed by atoms with E-state index in [1.807, 2.05) is 26.1 Å². The summed E-state index contributed by atoms with van der Waals surface area (Å²) in [4.78, 5) is 15.7. The Morgan fingerprint density at radius 1 is 1.37 bits per heavy atom. The predicted octanol–water partition coefficient (Wildman–Crippen LogP) is 3.01. The van der Waals surface area contributed by atoms with Crippen LogP contribution >= 0.6 is 11.3 Å². The number of guanidine groups is 1. The van der Waals surface area contributed by atoms with Crippen LogP contribution in [-0.4, -0.2) is 46.4 Å². The summed E-state index contributed by atoms with van der Waals surface area (Å²) in [6.45, 7) is 5.37. The summed E-state index contributed by atoms with van der Waals surface area (Å²) in [5.41, 5.74) is 4.10. The van der Waals surface area contributed by atoms with Crippen molar-refractivity contribution in [2.24, 2.45) is 4.99 Å². The molecule has 0 aliphatic heterocycles. The quantitative estimate of drug-likeness (QED) is 0.521. The molecule has 0 aliphatic rings. The van der Waals surface area contributed by atoms with Crippen LogP contribution in [-0.2, 0) is 17.8 Å². The highest BCUT2D eigenvalue weighted by Crippen LogP contribution is 2.21. The van der Waals surface area contributed by atoms with Crippen molar-refractivity contribution in [1.82, 2.24) is 24.6 Å². The van der Waals surface area contributed by atoms with E-state index in [0.717, 1.165) is 33.7 Å². The lowest BCUT2D eigenvalue weighted by Crippen LogP contribution is -2.38. The van der Waals surface area contributed by atoms with Gasteiger partial charge in [-0.3, -0.25) is 4.99 Å². The number of nitrogens with zero attached hydrogens (tertiary/aromatic N) is 5. The number of thiazole rings is 1. The maximum atomic E-state index is 5.33. The van der Waals surface area contributed by atoms with Crippen molar-refractivity contribution in [3.05, 3.63) is 51.9 Å². The third-order valence-corrected chi connectivity index (χ3v) is 5.47. The number of aliphatic imine (C=N–C) groups is 1. The van der Waals surface area contributed by atoms with Crippen molar-refractivity contribution >= 4 is 22.9 Å². The first kappa shape index (κ1) is 19.3. The standard InChI is InChI=1S/C19H26N6OS/c1-13-7-6-8-17-22-15(11-25(13)17)9-21-19(20-3)24(4)10-16-12-27-18(23-16)14(2)26-5/h6-8,11-12,14H,9-10H2,1-5H3,(H,20,21). The molecule has 1 atom stereocenters. The Bertz CT molecular complexity index is 931. The fourth-order valence-electron chi connectivity index (χ4n) is 2.84. The molecule has 1 unspecified atom stereocenters. The van der Waals surface area contributed by atoms with Gasteiger partial charge >= 0.3 is 0 Å². The van der Waals surface area contributed by atoms with E-state index in [9.17, 15) is 0 Å². The van der Waals surface area contributed by atoms with Crippen LogP contribution in [0.25, 0.3) is 5.65 Å². The Labute approximate surface area is 163 Å². The molecule has 3 aromatic heterocycles. The second-order valence-electron chi connectivity index (χ2n) is 6.44. The van der Waals surface area contributed by atoms with Gasteiger partial charge < -0.3 is 19.4 Å². The highest BCUT2D eigenvalue weighted by Gasteiger charge is 2.13. The Hall–Kier alpha value is -2.45. The summed E-state index contributed by atoms with van der Waals surface area (Å²) >= 11 is 1.62. The minimum absolute atomic E-state index is 0.0185. The first-order valence-corrected chi connectivity index (χ1v) is 9.72. The molecule has 8 heteroatoms. The molecule has 1 N–H and O–H groups in total. The van der Waals surface area contributed by atoms with E-state index in [2.05, 4.69) is 54.1 Å². The van der Waals surface area contributed by atoms with E-state index >= 15 is 0 Å². The molecular weight excluding hydrogens is 360 g/mol. The Balaban J connectivity index is 1.62. The molecule has 0 spiro atoms. The van der Waals surface area contributed by atoms with Crippen LogP contribution in [0.4, 0.5) is 0 Å². The molecule has 0 saturated carbocycles. The monoisotopic (exact) mass is 386 g/mol. The van der Waals surface area contributed by atoms with Crippen LogP contribution in [0, 0.1) is 6.92 Å². The van der Waals surface area contributed by atoms with E-state index in [-0.39, 0.29) is 6.10 Å². The number of hydrogen-bond donors (Lipinski definition) is 1. The molecule has 3 rings (SSSR count). The zero-order valence-electron chi connectivity index (χ0n) is 16.4. The predicted molar refractivity (Wildman–Crippen MR) is 109 cm³/mol. The fraction of sp³-hybridized carbons (Fsp3) is 0.421. The van der Waals surface area contributed by atoms with Crippen LogP contribution in [0.5, 0.6) is 0 Å². The fourth-order valence-corrected chi connectivity index (χ4v) is 3.68. The number of ether oxygens (including phenoxy) is 1. The van der Waals surface area contributed by atoms with Gasteiger partial charge in [0.2, 0.25) is 0 Å². The van der Waals surface area contributed by atoms with Gasteiger partial charge in [0.25, 0.3) is 0 Å². The van der Waals surface area contributed by atoms with Crippen LogP contribution in [0.15, 0.2) is 34.8 Å². The lowest BCUT2D eigenvalue weighted by Gasteiger charge is -2.20. The van der Waals surface area contributed by atoms with Gasteiger partial charge in [-0.2, -0.15) is 0 Å². The summed E-state index contributed by atoms with van der Waals surface area (Å²) in [5, 5.41) is 6.44. The maximum absolute atomic E-state index is 5.33. The second-order valence-corrected chi connectivity index (χ2v) is 7.33. The van der Waals surface area contributed by atoms with Gasteiger partial charge in [-0.1, -0.05) is 6.07 Å². The number of hydrogen-bond acceptors (Lipinski definition) is 5. The zero-order valence-corrected chi connectivity index (χ0v) is 17.2. The smallest absolute Gasteiger partial charge is 0.194 e. The summed E-state index contributed by atoms with van der Waals surface area (Å²) in [5.74, 6) is 0.804. The average molecular weight is 387 g/mol. The van der Waals surface area contributed by atoms with Gasteiger partial charge in [0.1, 0.15) is 16.8 Å². The molecule has 0 amide bonds. The first-order valence-electron chi connectivity index (χ1n) is 8.84. The number of aryl methyl sites for hydroxylation is 1. The molecule has 0 bridgehead atoms. The summed E-state index contributed by atoms with van der Waals surface area (Å²) in [7, 11) is 5.48. The highest BCUT2D eigenvalue weighted by molar-refractivity contribution is 7.09. The molecule has 0 fully saturated rings. The molecule has 3 aromatic rings. The third-order valence-electron chi connectivity index (χ3n) is 4.42. The largest absolute Gasteiger partial charge is 0.375 e. The number of nitrogens with one attached hydrogen (secondary N) is 1. The maximum Gasteiger partial charge on any atom is 0.194 e. The molecule has 0 aromatic carbocycles. The van der Waals surface area contributed by atoms with E-state index < -0.39 is 0 Å². The molecule has 144 valence electrons. The average Bonchev–Trinajstić information content (AvgIpc) is 3.29. The SMILES string of the molecule is CN=C(NCc1cn2c(C)cccc2n1)N(C)Cc1csc(C(C)OC)n1. The van der Waals surface area contributed by atoms with Crippen molar-refractivity contribution < 1.29 is 4.74 Å². The van der Waals surface area contributed by atoms with Gasteiger partial charge in [-0.15, -0.1) is 11.3 Å². The highest BCUT2D eigenvalue weighted by atomic mass is 32.1. The number of rotatable bonds is 6. The van der Waals surface area contributed by atoms with E-state index in [1.165, 1.54) is 0 Å². The molecule has 0 aliphatic carbocycles. The number of pyridine rings is 1. The normalized spacial score (nSPS) is 13.1. The number of imidazole rings is 1. The molecule has 3 heterocycles. The molecule has 27 heavy (non-hydrogen) atoms. The van der Waals surface area contributed by atoms with Crippen molar-refractivity contribution in [1.29, 1.82) is 0 Å². The molecular formula is C19H26N6OS.